The second-order valence-electron chi connectivity index (χ2n) is 5.08. The van der Waals surface area contributed by atoms with Gasteiger partial charge in [-0.1, -0.05) is 12.1 Å². The van der Waals surface area contributed by atoms with Crippen LogP contribution >= 0.6 is 0 Å². The van der Waals surface area contributed by atoms with E-state index < -0.39 is 6.10 Å². The SMILES string of the molecule is CCOc1ccccc1N1CCN(CC(O)CN)CC1. The van der Waals surface area contributed by atoms with Gasteiger partial charge in [-0.15, -0.1) is 0 Å². The molecule has 1 aromatic carbocycles. The van der Waals surface area contributed by atoms with Crippen LogP contribution in [0.2, 0.25) is 0 Å². The van der Waals surface area contributed by atoms with Crippen molar-refractivity contribution >= 4 is 5.69 Å². The molecule has 1 unspecified atom stereocenters. The highest BCUT2D eigenvalue weighted by Crippen LogP contribution is 2.28. The summed E-state index contributed by atoms with van der Waals surface area (Å²) in [4.78, 5) is 4.60. The summed E-state index contributed by atoms with van der Waals surface area (Å²) in [6, 6.07) is 8.17. The molecule has 0 amide bonds. The minimum atomic E-state index is -0.419. The molecule has 0 aromatic heterocycles. The van der Waals surface area contributed by atoms with Gasteiger partial charge in [0.25, 0.3) is 0 Å². The first-order valence-corrected chi connectivity index (χ1v) is 7.31. The maximum atomic E-state index is 9.61. The van der Waals surface area contributed by atoms with Crippen LogP contribution in [0.3, 0.4) is 0 Å². The number of piperazine rings is 1. The first-order chi connectivity index (χ1) is 9.74. The Bertz CT molecular complexity index is 406. The van der Waals surface area contributed by atoms with Gasteiger partial charge in [-0.05, 0) is 19.1 Å². The number of β-amino-alcohol motifs (C(OH)–C–C–N with tert-alkyl or cyclic N) is 1. The summed E-state index contributed by atoms with van der Waals surface area (Å²) in [5.41, 5.74) is 6.62. The standard InChI is InChI=1S/C15H25N3O2/c1-2-20-15-6-4-3-5-14(15)18-9-7-17(8-10-18)12-13(19)11-16/h3-6,13,19H,2,7-12,16H2,1H3. The summed E-state index contributed by atoms with van der Waals surface area (Å²) in [5.74, 6) is 0.949. The Hall–Kier alpha value is -1.30. The monoisotopic (exact) mass is 279 g/mol. The third kappa shape index (κ3) is 3.85. The van der Waals surface area contributed by atoms with Crippen molar-refractivity contribution in [1.29, 1.82) is 0 Å². The lowest BCUT2D eigenvalue weighted by molar-refractivity contribution is 0.115. The third-order valence-corrected chi connectivity index (χ3v) is 3.62. The van der Waals surface area contributed by atoms with Gasteiger partial charge in [-0.3, -0.25) is 4.90 Å². The van der Waals surface area contributed by atoms with Gasteiger partial charge in [-0.2, -0.15) is 0 Å². The number of rotatable bonds is 6. The lowest BCUT2D eigenvalue weighted by atomic mass is 10.2. The molecule has 1 aliphatic heterocycles. The lowest BCUT2D eigenvalue weighted by Gasteiger charge is -2.37. The number of benzene rings is 1. The van der Waals surface area contributed by atoms with Crippen molar-refractivity contribution in [3.8, 4) is 5.75 Å². The van der Waals surface area contributed by atoms with Crippen molar-refractivity contribution in [1.82, 2.24) is 4.90 Å². The normalized spacial score (nSPS) is 18.1. The van der Waals surface area contributed by atoms with Crippen molar-refractivity contribution in [3.05, 3.63) is 24.3 Å². The molecule has 0 saturated carbocycles. The summed E-state index contributed by atoms with van der Waals surface area (Å²) < 4.78 is 5.69. The van der Waals surface area contributed by atoms with Gasteiger partial charge in [0.1, 0.15) is 5.75 Å². The molecule has 1 heterocycles. The van der Waals surface area contributed by atoms with Crippen LogP contribution < -0.4 is 15.4 Å². The van der Waals surface area contributed by atoms with Gasteiger partial charge >= 0.3 is 0 Å². The molecule has 5 nitrogen and oxygen atoms in total. The summed E-state index contributed by atoms with van der Waals surface area (Å²) in [6.07, 6.45) is -0.419. The summed E-state index contributed by atoms with van der Waals surface area (Å²) >= 11 is 0. The van der Waals surface area contributed by atoms with Gasteiger partial charge in [-0.25, -0.2) is 0 Å². The zero-order valence-electron chi connectivity index (χ0n) is 12.2. The van der Waals surface area contributed by atoms with E-state index in [2.05, 4.69) is 15.9 Å². The van der Waals surface area contributed by atoms with Crippen LogP contribution in [0.25, 0.3) is 0 Å². The van der Waals surface area contributed by atoms with E-state index in [4.69, 9.17) is 10.5 Å². The molecule has 1 aromatic rings. The molecule has 5 heteroatoms. The third-order valence-electron chi connectivity index (χ3n) is 3.62. The number of para-hydroxylation sites is 2. The van der Waals surface area contributed by atoms with Gasteiger partial charge < -0.3 is 20.5 Å². The molecule has 1 atom stereocenters. The van der Waals surface area contributed by atoms with Crippen molar-refractivity contribution in [2.45, 2.75) is 13.0 Å². The summed E-state index contributed by atoms with van der Waals surface area (Å²) in [7, 11) is 0. The Morgan fingerprint density at radius 2 is 1.95 bits per heavy atom. The van der Waals surface area contributed by atoms with Crippen molar-refractivity contribution in [2.24, 2.45) is 5.73 Å². The predicted molar refractivity (Wildman–Crippen MR) is 81.3 cm³/mol. The van der Waals surface area contributed by atoms with Crippen LogP contribution in [0.15, 0.2) is 24.3 Å². The number of aliphatic hydroxyl groups is 1. The number of ether oxygens (including phenoxy) is 1. The topological polar surface area (TPSA) is 62.0 Å². The summed E-state index contributed by atoms with van der Waals surface area (Å²) in [6.45, 7) is 7.45. The van der Waals surface area contributed by atoms with E-state index in [-0.39, 0.29) is 0 Å². The Morgan fingerprint density at radius 1 is 1.25 bits per heavy atom. The molecule has 1 aliphatic rings. The second kappa shape index (κ2) is 7.47. The Kier molecular flexibility index (Phi) is 5.64. The first kappa shape index (κ1) is 15.1. The molecule has 0 bridgehead atoms. The Balaban J connectivity index is 1.93. The number of nitrogens with two attached hydrogens (primary N) is 1. The van der Waals surface area contributed by atoms with E-state index in [1.165, 1.54) is 0 Å². The molecule has 1 saturated heterocycles. The molecule has 1 fully saturated rings. The second-order valence-corrected chi connectivity index (χ2v) is 5.08. The average Bonchev–Trinajstić information content (AvgIpc) is 2.49. The van der Waals surface area contributed by atoms with Crippen molar-refractivity contribution < 1.29 is 9.84 Å². The molecule has 0 spiro atoms. The maximum Gasteiger partial charge on any atom is 0.142 e. The van der Waals surface area contributed by atoms with Crippen molar-refractivity contribution in [3.63, 3.8) is 0 Å². The lowest BCUT2D eigenvalue weighted by Crippen LogP contribution is -2.49. The van der Waals surface area contributed by atoms with E-state index in [1.54, 1.807) is 0 Å². The van der Waals surface area contributed by atoms with Crippen LogP contribution in [-0.4, -0.2) is 62.0 Å². The van der Waals surface area contributed by atoms with Crippen LogP contribution in [0.4, 0.5) is 5.69 Å². The molecule has 0 radical (unpaired) electrons. The summed E-state index contributed by atoms with van der Waals surface area (Å²) in [5, 5.41) is 9.61. The van der Waals surface area contributed by atoms with Crippen LogP contribution in [0, 0.1) is 0 Å². The average molecular weight is 279 g/mol. The number of aliphatic hydroxyl groups excluding tert-OH is 1. The van der Waals surface area contributed by atoms with Crippen LogP contribution in [-0.2, 0) is 0 Å². The van der Waals surface area contributed by atoms with Gasteiger partial charge in [0.05, 0.1) is 18.4 Å². The largest absolute Gasteiger partial charge is 0.492 e. The predicted octanol–water partition coefficient (Wildman–Crippen LogP) is 0.527. The van der Waals surface area contributed by atoms with Gasteiger partial charge in [0.2, 0.25) is 0 Å². The number of nitrogens with zero attached hydrogens (tertiary/aromatic N) is 2. The van der Waals surface area contributed by atoms with Crippen LogP contribution in [0.1, 0.15) is 6.92 Å². The highest BCUT2D eigenvalue weighted by Gasteiger charge is 2.20. The molecule has 20 heavy (non-hydrogen) atoms. The molecular formula is C15H25N3O2. The number of anilines is 1. The van der Waals surface area contributed by atoms with E-state index in [9.17, 15) is 5.11 Å². The molecule has 0 aliphatic carbocycles. The first-order valence-electron chi connectivity index (χ1n) is 7.31. The fourth-order valence-electron chi connectivity index (χ4n) is 2.54. The van der Waals surface area contributed by atoms with E-state index in [1.807, 2.05) is 25.1 Å². The smallest absolute Gasteiger partial charge is 0.142 e. The maximum absolute atomic E-state index is 9.61. The highest BCUT2D eigenvalue weighted by atomic mass is 16.5. The quantitative estimate of drug-likeness (QED) is 0.795. The molecular weight excluding hydrogens is 254 g/mol. The van der Waals surface area contributed by atoms with Crippen molar-refractivity contribution in [2.75, 3.05) is 50.8 Å². The zero-order valence-corrected chi connectivity index (χ0v) is 12.2. The number of hydrogen-bond donors (Lipinski definition) is 2. The molecule has 3 N–H and O–H groups in total. The van der Waals surface area contributed by atoms with E-state index in [0.29, 0.717) is 19.7 Å². The minimum Gasteiger partial charge on any atom is -0.492 e. The number of hydrogen-bond acceptors (Lipinski definition) is 5. The van der Waals surface area contributed by atoms with Gasteiger partial charge in [0, 0.05) is 39.3 Å². The Morgan fingerprint density at radius 3 is 2.60 bits per heavy atom. The molecule has 112 valence electrons. The minimum absolute atomic E-state index is 0.327. The zero-order chi connectivity index (χ0) is 14.4. The fraction of sp³-hybridized carbons (Fsp3) is 0.600. The van der Waals surface area contributed by atoms with E-state index >= 15 is 0 Å². The fourth-order valence-corrected chi connectivity index (χ4v) is 2.54. The van der Waals surface area contributed by atoms with E-state index in [0.717, 1.165) is 37.6 Å². The van der Waals surface area contributed by atoms with Crippen LogP contribution in [0.5, 0.6) is 5.75 Å². The highest BCUT2D eigenvalue weighted by molar-refractivity contribution is 5.58. The van der Waals surface area contributed by atoms with Gasteiger partial charge in [0.15, 0.2) is 0 Å². The molecule has 2 rings (SSSR count). The Labute approximate surface area is 120 Å².